The number of rotatable bonds is 6. The normalized spacial score (nSPS) is 13.4. The standard InChI is InChI=1S/C17H23FN4O2/c1-4-5-14-10-15(22(3)21-14)20-16(23)19-11-17(2,24)12-6-8-13(18)9-7-12/h6-10,24H,4-5,11H2,1-3H3,(H2,19,20,23). The molecule has 0 saturated heterocycles. The minimum absolute atomic E-state index is 0.00979. The van der Waals surface area contributed by atoms with Crippen molar-refractivity contribution in [2.45, 2.75) is 32.3 Å². The average molecular weight is 334 g/mol. The topological polar surface area (TPSA) is 79.2 Å². The Bertz CT molecular complexity index is 695. The SMILES string of the molecule is CCCc1cc(NC(=O)NCC(C)(O)c2ccc(F)cc2)n(C)n1. The first kappa shape index (κ1) is 17.9. The molecule has 24 heavy (non-hydrogen) atoms. The highest BCUT2D eigenvalue weighted by Gasteiger charge is 2.24. The molecule has 0 aliphatic carbocycles. The molecule has 7 heteroatoms. The highest BCUT2D eigenvalue weighted by Crippen LogP contribution is 2.20. The summed E-state index contributed by atoms with van der Waals surface area (Å²) in [5, 5.41) is 20.1. The molecule has 1 unspecified atom stereocenters. The Morgan fingerprint density at radius 3 is 2.67 bits per heavy atom. The van der Waals surface area contributed by atoms with Crippen LogP contribution in [0.15, 0.2) is 30.3 Å². The summed E-state index contributed by atoms with van der Waals surface area (Å²) < 4.78 is 14.6. The summed E-state index contributed by atoms with van der Waals surface area (Å²) in [5.74, 6) is 0.205. The summed E-state index contributed by atoms with van der Waals surface area (Å²) in [6.45, 7) is 3.61. The van der Waals surface area contributed by atoms with Crippen LogP contribution >= 0.6 is 0 Å². The second-order valence-electron chi connectivity index (χ2n) is 5.98. The molecule has 0 aliphatic rings. The van der Waals surface area contributed by atoms with Gasteiger partial charge in [-0.1, -0.05) is 25.5 Å². The number of nitrogens with zero attached hydrogens (tertiary/aromatic N) is 2. The number of carbonyl (C=O) groups is 1. The smallest absolute Gasteiger partial charge is 0.320 e. The van der Waals surface area contributed by atoms with Gasteiger partial charge in [-0.05, 0) is 31.0 Å². The van der Waals surface area contributed by atoms with E-state index in [2.05, 4.69) is 22.7 Å². The number of urea groups is 1. The van der Waals surface area contributed by atoms with Crippen molar-refractivity contribution in [2.75, 3.05) is 11.9 Å². The van der Waals surface area contributed by atoms with Gasteiger partial charge in [-0.25, -0.2) is 9.18 Å². The van der Waals surface area contributed by atoms with Crippen LogP contribution < -0.4 is 10.6 Å². The van der Waals surface area contributed by atoms with Gasteiger partial charge in [-0.15, -0.1) is 0 Å². The quantitative estimate of drug-likeness (QED) is 0.759. The average Bonchev–Trinajstić information content (AvgIpc) is 2.86. The molecule has 1 aromatic heterocycles. The maximum Gasteiger partial charge on any atom is 0.320 e. The molecule has 1 heterocycles. The van der Waals surface area contributed by atoms with E-state index in [1.807, 2.05) is 6.07 Å². The van der Waals surface area contributed by atoms with Gasteiger partial charge in [0.15, 0.2) is 0 Å². The third-order valence-corrected chi connectivity index (χ3v) is 3.74. The summed E-state index contributed by atoms with van der Waals surface area (Å²) in [4.78, 5) is 12.0. The molecule has 0 fully saturated rings. The Morgan fingerprint density at radius 2 is 2.04 bits per heavy atom. The Labute approximate surface area is 140 Å². The monoisotopic (exact) mass is 334 g/mol. The van der Waals surface area contributed by atoms with Crippen molar-refractivity contribution in [3.63, 3.8) is 0 Å². The lowest BCUT2D eigenvalue weighted by Gasteiger charge is -2.24. The van der Waals surface area contributed by atoms with E-state index in [1.165, 1.54) is 24.3 Å². The van der Waals surface area contributed by atoms with Gasteiger partial charge >= 0.3 is 6.03 Å². The molecular weight excluding hydrogens is 311 g/mol. The van der Waals surface area contributed by atoms with Gasteiger partial charge in [0, 0.05) is 13.1 Å². The molecule has 1 aromatic carbocycles. The predicted octanol–water partition coefficient (Wildman–Crippen LogP) is 2.54. The highest BCUT2D eigenvalue weighted by molar-refractivity contribution is 5.88. The van der Waals surface area contributed by atoms with Crippen molar-refractivity contribution in [2.24, 2.45) is 7.05 Å². The lowest BCUT2D eigenvalue weighted by molar-refractivity contribution is 0.0599. The van der Waals surface area contributed by atoms with Crippen LogP contribution in [0, 0.1) is 5.82 Å². The van der Waals surface area contributed by atoms with Crippen LogP contribution in [0.2, 0.25) is 0 Å². The molecule has 0 spiro atoms. The maximum absolute atomic E-state index is 13.0. The third-order valence-electron chi connectivity index (χ3n) is 3.74. The van der Waals surface area contributed by atoms with E-state index in [-0.39, 0.29) is 12.4 Å². The zero-order chi connectivity index (χ0) is 17.7. The van der Waals surface area contributed by atoms with E-state index < -0.39 is 11.6 Å². The first-order chi connectivity index (χ1) is 11.3. The molecule has 6 nitrogen and oxygen atoms in total. The number of amides is 2. The number of aryl methyl sites for hydroxylation is 2. The Kier molecular flexibility index (Phi) is 5.56. The van der Waals surface area contributed by atoms with Crippen LogP contribution in [0.25, 0.3) is 0 Å². The molecule has 2 rings (SSSR count). The number of halogens is 1. The van der Waals surface area contributed by atoms with Gasteiger partial charge in [0.2, 0.25) is 0 Å². The fourth-order valence-electron chi connectivity index (χ4n) is 2.35. The molecule has 130 valence electrons. The number of anilines is 1. The Hall–Kier alpha value is -2.41. The zero-order valence-electron chi connectivity index (χ0n) is 14.1. The van der Waals surface area contributed by atoms with Crippen LogP contribution in [0.4, 0.5) is 15.0 Å². The molecule has 0 radical (unpaired) electrons. The number of hydrogen-bond donors (Lipinski definition) is 3. The van der Waals surface area contributed by atoms with Crippen LogP contribution in [0.5, 0.6) is 0 Å². The molecule has 2 aromatic rings. The fraction of sp³-hybridized carbons (Fsp3) is 0.412. The van der Waals surface area contributed by atoms with Crippen molar-refractivity contribution in [1.82, 2.24) is 15.1 Å². The molecule has 0 aliphatic heterocycles. The molecular formula is C17H23FN4O2. The molecule has 1 atom stereocenters. The van der Waals surface area contributed by atoms with E-state index in [0.717, 1.165) is 18.5 Å². The van der Waals surface area contributed by atoms with E-state index >= 15 is 0 Å². The van der Waals surface area contributed by atoms with Gasteiger partial charge in [-0.3, -0.25) is 10.00 Å². The second kappa shape index (κ2) is 7.44. The minimum Gasteiger partial charge on any atom is -0.384 e. The van der Waals surface area contributed by atoms with Crippen LogP contribution in [0.1, 0.15) is 31.5 Å². The maximum atomic E-state index is 13.0. The van der Waals surface area contributed by atoms with Crippen molar-refractivity contribution >= 4 is 11.8 Å². The fourth-order valence-corrected chi connectivity index (χ4v) is 2.35. The van der Waals surface area contributed by atoms with Gasteiger partial charge in [0.1, 0.15) is 17.2 Å². The Balaban J connectivity index is 1.93. The van der Waals surface area contributed by atoms with Crippen LogP contribution in [-0.4, -0.2) is 27.5 Å². The van der Waals surface area contributed by atoms with Gasteiger partial charge in [0.05, 0.1) is 12.2 Å². The second-order valence-corrected chi connectivity index (χ2v) is 5.98. The van der Waals surface area contributed by atoms with Crippen molar-refractivity contribution in [3.8, 4) is 0 Å². The van der Waals surface area contributed by atoms with Crippen LogP contribution in [0.3, 0.4) is 0 Å². The summed E-state index contributed by atoms with van der Waals surface area (Å²) in [6.07, 6.45) is 1.82. The van der Waals surface area contributed by atoms with Crippen LogP contribution in [-0.2, 0) is 19.1 Å². The molecule has 3 N–H and O–H groups in total. The van der Waals surface area contributed by atoms with E-state index in [9.17, 15) is 14.3 Å². The summed E-state index contributed by atoms with van der Waals surface area (Å²) in [6, 6.07) is 6.91. The number of benzene rings is 1. The first-order valence-electron chi connectivity index (χ1n) is 7.88. The number of carbonyl (C=O) groups excluding carboxylic acids is 1. The highest BCUT2D eigenvalue weighted by atomic mass is 19.1. The third kappa shape index (κ3) is 4.55. The van der Waals surface area contributed by atoms with Crippen molar-refractivity contribution < 1.29 is 14.3 Å². The first-order valence-corrected chi connectivity index (χ1v) is 7.88. The summed E-state index contributed by atoms with van der Waals surface area (Å²) in [7, 11) is 1.75. The molecule has 0 bridgehead atoms. The lowest BCUT2D eigenvalue weighted by Crippen LogP contribution is -2.40. The van der Waals surface area contributed by atoms with Gasteiger partial charge in [-0.2, -0.15) is 5.10 Å². The lowest BCUT2D eigenvalue weighted by atomic mass is 9.96. The number of aromatic nitrogens is 2. The number of hydrogen-bond acceptors (Lipinski definition) is 3. The number of aliphatic hydroxyl groups is 1. The number of nitrogens with one attached hydrogen (secondary N) is 2. The zero-order valence-corrected chi connectivity index (χ0v) is 14.1. The minimum atomic E-state index is -1.30. The Morgan fingerprint density at radius 1 is 1.38 bits per heavy atom. The van der Waals surface area contributed by atoms with Gasteiger partial charge < -0.3 is 10.4 Å². The molecule has 2 amide bonds. The van der Waals surface area contributed by atoms with E-state index in [4.69, 9.17) is 0 Å². The van der Waals surface area contributed by atoms with Crippen molar-refractivity contribution in [3.05, 3.63) is 47.4 Å². The van der Waals surface area contributed by atoms with E-state index in [1.54, 1.807) is 18.7 Å². The largest absolute Gasteiger partial charge is 0.384 e. The van der Waals surface area contributed by atoms with E-state index in [0.29, 0.717) is 11.4 Å². The summed E-state index contributed by atoms with van der Waals surface area (Å²) in [5.41, 5.74) is 0.133. The summed E-state index contributed by atoms with van der Waals surface area (Å²) >= 11 is 0. The molecule has 0 saturated carbocycles. The van der Waals surface area contributed by atoms with Gasteiger partial charge in [0.25, 0.3) is 0 Å². The predicted molar refractivity (Wildman–Crippen MR) is 90.2 cm³/mol. The van der Waals surface area contributed by atoms with Crippen molar-refractivity contribution in [1.29, 1.82) is 0 Å².